The van der Waals surface area contributed by atoms with Crippen LogP contribution in [-0.2, 0) is 87.6 Å². The van der Waals surface area contributed by atoms with Gasteiger partial charge in [0.25, 0.3) is 5.91 Å². The molecule has 4 aliphatic rings. The van der Waals surface area contributed by atoms with E-state index in [0.29, 0.717) is 5.56 Å². The topological polar surface area (TPSA) is 442 Å². The number of ether oxygens (including phenoxy) is 6. The Morgan fingerprint density at radius 2 is 1.15 bits per heavy atom. The molecule has 4 aromatic carbocycles. The van der Waals surface area contributed by atoms with Crippen LogP contribution in [0, 0.1) is 40.4 Å². The molecule has 2 bridgehead atoms. The zero-order chi connectivity index (χ0) is 82.3. The molecule has 8 rings (SSSR count). The molecule has 4 aromatic rings. The number of aliphatic hydroxyl groups is 4. The molecule has 6 unspecified atom stereocenters. The number of carbonyl (C=O) groups is 13. The van der Waals surface area contributed by atoms with Gasteiger partial charge in [-0.3, -0.25) is 52.7 Å². The third kappa shape index (κ3) is 20.7. The first-order valence-electron chi connectivity index (χ1n) is 37.6. The summed E-state index contributed by atoms with van der Waals surface area (Å²) in [6, 6.07) is 27.0. The number of ketones is 1. The maximum Gasteiger partial charge on any atom is 0.350 e. The number of benzene rings is 4. The summed E-state index contributed by atoms with van der Waals surface area (Å²) in [6.45, 7) is 15.2. The zero-order valence-electron chi connectivity index (χ0n) is 65.1. The second kappa shape index (κ2) is 37.8. The lowest BCUT2D eigenvalue weighted by Crippen LogP contribution is -2.82. The molecule has 11 N–H and O–H groups in total. The summed E-state index contributed by atoms with van der Waals surface area (Å²) >= 11 is 0. The second-order valence-corrected chi connectivity index (χ2v) is 30.9. The number of hydrogen-bond acceptors (Lipinski definition) is 23. The molecule has 3 aliphatic carbocycles. The molecule has 0 radical (unpaired) electrons. The largest absolute Gasteiger partial charge is 0.455 e. The molecule has 30 nitrogen and oxygen atoms in total. The van der Waals surface area contributed by atoms with Gasteiger partial charge in [-0.1, -0.05) is 139 Å². The lowest BCUT2D eigenvalue weighted by atomic mass is 9.44. The maximum atomic E-state index is 16.1. The number of carbonyl (C=O) groups excluding carboxylic acids is 13. The first kappa shape index (κ1) is 87.3. The summed E-state index contributed by atoms with van der Waals surface area (Å²) < 4.78 is 37.3. The molecule has 17 atom stereocenters. The van der Waals surface area contributed by atoms with Crippen LogP contribution in [-0.4, -0.2) is 202 Å². The van der Waals surface area contributed by atoms with Crippen molar-refractivity contribution in [1.29, 1.82) is 0 Å². The van der Waals surface area contributed by atoms with E-state index < -0.39 is 216 Å². The first-order valence-corrected chi connectivity index (χ1v) is 37.6. The fourth-order valence-electron chi connectivity index (χ4n) is 15.6. The van der Waals surface area contributed by atoms with E-state index in [4.69, 9.17) is 28.4 Å². The van der Waals surface area contributed by atoms with Crippen LogP contribution in [0.15, 0.2) is 132 Å². The van der Waals surface area contributed by atoms with Crippen molar-refractivity contribution in [2.24, 2.45) is 40.4 Å². The van der Waals surface area contributed by atoms with Crippen LogP contribution in [0.4, 0.5) is 0 Å². The van der Waals surface area contributed by atoms with Gasteiger partial charge in [-0.25, -0.2) is 9.59 Å². The maximum absolute atomic E-state index is 16.1. The first-order chi connectivity index (χ1) is 52.8. The summed E-state index contributed by atoms with van der Waals surface area (Å²) in [4.78, 5) is 186. The number of rotatable bonds is 34. The highest BCUT2D eigenvalue weighted by atomic mass is 16.6. The Morgan fingerprint density at radius 1 is 0.607 bits per heavy atom. The van der Waals surface area contributed by atoms with Crippen LogP contribution in [0.1, 0.15) is 153 Å². The van der Waals surface area contributed by atoms with Crippen LogP contribution in [0.5, 0.6) is 0 Å². The van der Waals surface area contributed by atoms with Crippen molar-refractivity contribution in [3.8, 4) is 0 Å². The summed E-state index contributed by atoms with van der Waals surface area (Å²) in [5.41, 5.74) is -8.05. The van der Waals surface area contributed by atoms with Crippen molar-refractivity contribution in [3.63, 3.8) is 0 Å². The Labute approximate surface area is 650 Å². The third-order valence-electron chi connectivity index (χ3n) is 21.5. The molecule has 112 heavy (non-hydrogen) atoms. The highest BCUT2D eigenvalue weighted by Crippen LogP contribution is 2.64. The minimum absolute atomic E-state index is 0.00134. The minimum Gasteiger partial charge on any atom is -0.455 e. The van der Waals surface area contributed by atoms with Gasteiger partial charge in [0.2, 0.25) is 41.5 Å². The van der Waals surface area contributed by atoms with E-state index in [1.807, 2.05) is 0 Å². The molecule has 0 aromatic heterocycles. The van der Waals surface area contributed by atoms with Gasteiger partial charge in [-0.15, -0.1) is 0 Å². The molecule has 606 valence electrons. The van der Waals surface area contributed by atoms with Crippen molar-refractivity contribution in [2.75, 3.05) is 32.8 Å². The number of aliphatic hydroxyl groups excluding tert-OH is 3. The van der Waals surface area contributed by atoms with E-state index >= 15 is 9.59 Å². The molecule has 1 aliphatic heterocycles. The molecule has 3 fully saturated rings. The minimum atomic E-state index is -2.62. The van der Waals surface area contributed by atoms with E-state index in [-0.39, 0.29) is 78.9 Å². The molecule has 1 heterocycles. The quantitative estimate of drug-likeness (QED) is 0.0181. The van der Waals surface area contributed by atoms with Gasteiger partial charge in [0, 0.05) is 74.9 Å². The van der Waals surface area contributed by atoms with Crippen LogP contribution >= 0.6 is 0 Å². The number of amides is 7. The number of hydrogen-bond donors (Lipinski definition) is 11. The summed E-state index contributed by atoms with van der Waals surface area (Å²) in [5, 5.41) is 64.6. The normalized spacial score (nSPS) is 24.6. The van der Waals surface area contributed by atoms with Crippen LogP contribution < -0.4 is 37.2 Å². The Kier molecular flexibility index (Phi) is 29.5. The lowest BCUT2D eigenvalue weighted by molar-refractivity contribution is -0.346. The Morgan fingerprint density at radius 3 is 1.68 bits per heavy atom. The zero-order valence-corrected chi connectivity index (χ0v) is 65.1. The van der Waals surface area contributed by atoms with E-state index in [1.54, 1.807) is 113 Å². The highest BCUT2D eigenvalue weighted by molar-refractivity contribution is 5.98. The van der Waals surface area contributed by atoms with Crippen molar-refractivity contribution in [1.82, 2.24) is 37.2 Å². The van der Waals surface area contributed by atoms with Gasteiger partial charge in [0.05, 0.1) is 48.4 Å². The van der Waals surface area contributed by atoms with E-state index in [0.717, 1.165) is 13.8 Å². The third-order valence-corrected chi connectivity index (χ3v) is 21.5. The van der Waals surface area contributed by atoms with Gasteiger partial charge >= 0.3 is 29.8 Å². The Bertz CT molecular complexity index is 4070. The van der Waals surface area contributed by atoms with Gasteiger partial charge in [-0.05, 0) is 99.4 Å². The number of fused-ring (bicyclic) bond motifs is 5. The number of Topliss-reactive ketones (excluding diaryl/α,β-unsaturated/α-hetero) is 1. The Balaban J connectivity index is 1.11. The van der Waals surface area contributed by atoms with E-state index in [1.165, 1.54) is 77.9 Å². The molecular weight excluding hydrogens is 1450 g/mol. The lowest BCUT2D eigenvalue weighted by Gasteiger charge is -2.67. The fourth-order valence-corrected chi connectivity index (χ4v) is 15.6. The SMILES string of the molecule is CC(=O)O[C@H]1C(=O)[C@@]2(C)C(C(OC(=O)c3ccccc3)[C@]3(O)C[C@H](OC(=O)[C@H](OC(=O)CNC(=O)[C@H](Cc4ccccc4)NC(=O)[C@H](CC(C)C)NC(=O)CNC(=O)C(CC(C)C(=O)NCC(C)O)CC(C)C(=O)NCC(C)O)[C@@H](NC(=O)c4ccccc4)c4ccccc4)C(C)=C1C3(C)C)[C@]1(OC(C)=O)CO[C@@H]1C[C@@H]2O. The monoisotopic (exact) mass is 1560 g/mol. The molecule has 7 amide bonds. The smallest absolute Gasteiger partial charge is 0.350 e. The predicted molar refractivity (Wildman–Crippen MR) is 401 cm³/mol. The summed E-state index contributed by atoms with van der Waals surface area (Å²) in [5.74, 6) is -16.3. The standard InChI is InChI=1S/C82H105N7O23/c1-44(2)33-57(87-62(95)41-85-73(100)56(34-45(3)71(98)83-39-47(5)90)35-46(4)72(99)84-40-48(6)91)76(103)88-58(36-52-25-17-13-18-26-52)75(102)86-42-63(96)110-67(65(53-27-19-14-20-28-53)89-74(101)54-29-21-15-22-30-54)78(105)109-59-38-82(106)70(111-77(104)55-31-23-16-24-32-55)68-80(12,60(94)37-61-81(68,43-107-61)112-51(9)93)69(97)66(108-50(8)92)64(49(59)7)79(82,10)11/h13-32,44-48,56-61,65-68,70,90-91,94,106H,33-43H2,1-12H3,(H,83,98)(H,84,99)(H,85,100)(H,86,102)(H,87,95)(H,88,103)(H,89,101)/t45?,46?,47?,48?,56?,57-,58-,59-,60-,61+,65-,66+,67+,68?,70?,80+,81-,82+/m0/s1. The molecular formula is C82H105N7O23. The molecule has 0 spiro atoms. The second-order valence-electron chi connectivity index (χ2n) is 30.9. The van der Waals surface area contributed by atoms with Gasteiger partial charge < -0.3 is 86.1 Å². The Hall–Kier alpha value is -10.3. The van der Waals surface area contributed by atoms with Crippen LogP contribution in [0.2, 0.25) is 0 Å². The predicted octanol–water partition coefficient (Wildman–Crippen LogP) is 3.44. The van der Waals surface area contributed by atoms with Crippen molar-refractivity contribution < 1.29 is 111 Å². The van der Waals surface area contributed by atoms with Crippen molar-refractivity contribution in [2.45, 2.75) is 200 Å². The number of esters is 5. The van der Waals surface area contributed by atoms with E-state index in [2.05, 4.69) is 37.2 Å². The summed E-state index contributed by atoms with van der Waals surface area (Å²) in [7, 11) is 0. The van der Waals surface area contributed by atoms with Gasteiger partial charge in [-0.2, -0.15) is 0 Å². The van der Waals surface area contributed by atoms with Crippen molar-refractivity contribution >= 4 is 77.0 Å². The molecule has 2 saturated carbocycles. The molecule has 30 heteroatoms. The fraction of sp³-hybridized carbons (Fsp3) is 0.524. The highest BCUT2D eigenvalue weighted by Gasteiger charge is 2.78. The average Bonchev–Trinajstić information content (AvgIpc) is 0.668. The van der Waals surface area contributed by atoms with Gasteiger partial charge in [0.1, 0.15) is 48.6 Å². The average molecular weight is 1560 g/mol. The van der Waals surface area contributed by atoms with Gasteiger partial charge in [0.15, 0.2) is 17.5 Å². The summed E-state index contributed by atoms with van der Waals surface area (Å²) in [6.07, 6.45) is -14.1. The van der Waals surface area contributed by atoms with Crippen LogP contribution in [0.25, 0.3) is 0 Å². The van der Waals surface area contributed by atoms with Crippen molar-refractivity contribution in [3.05, 3.63) is 155 Å². The number of nitrogens with one attached hydrogen (secondary N) is 7. The van der Waals surface area contributed by atoms with Crippen LogP contribution in [0.3, 0.4) is 0 Å². The van der Waals surface area contributed by atoms with E-state index in [9.17, 15) is 73.2 Å². The molecule has 1 saturated heterocycles.